The summed E-state index contributed by atoms with van der Waals surface area (Å²) < 4.78 is 39.4. The second-order valence-electron chi connectivity index (χ2n) is 5.04. The van der Waals surface area contributed by atoms with Gasteiger partial charge in [0.1, 0.15) is 28.4 Å². The average Bonchev–Trinajstić information content (AvgIpc) is 2.52. The van der Waals surface area contributed by atoms with Crippen LogP contribution in [-0.4, -0.2) is 9.97 Å². The Bertz CT molecular complexity index is 849. The van der Waals surface area contributed by atoms with Crippen LogP contribution < -0.4 is 5.32 Å². The van der Waals surface area contributed by atoms with Gasteiger partial charge in [0.2, 0.25) is 0 Å². The smallest absolute Gasteiger partial charge is 0.163 e. The Morgan fingerprint density at radius 2 is 1.50 bits per heavy atom. The predicted molar refractivity (Wildman–Crippen MR) is 86.1 cm³/mol. The molecule has 0 atom stereocenters. The maximum atomic E-state index is 13.2. The first-order valence-corrected chi connectivity index (χ1v) is 7.37. The van der Waals surface area contributed by atoms with E-state index in [-0.39, 0.29) is 17.5 Å². The van der Waals surface area contributed by atoms with E-state index in [2.05, 4.69) is 15.3 Å². The number of hydrogen-bond donors (Lipinski definition) is 1. The van der Waals surface area contributed by atoms with Crippen molar-refractivity contribution in [3.8, 4) is 11.4 Å². The van der Waals surface area contributed by atoms with E-state index in [1.807, 2.05) is 0 Å². The minimum Gasteiger partial charge on any atom is -0.366 e. The van der Waals surface area contributed by atoms with Crippen LogP contribution in [-0.2, 0) is 6.54 Å². The van der Waals surface area contributed by atoms with Crippen molar-refractivity contribution in [3.63, 3.8) is 0 Å². The number of anilines is 1. The van der Waals surface area contributed by atoms with E-state index in [4.69, 9.17) is 11.6 Å². The van der Waals surface area contributed by atoms with Gasteiger partial charge < -0.3 is 5.32 Å². The van der Waals surface area contributed by atoms with Crippen molar-refractivity contribution in [2.24, 2.45) is 0 Å². The molecule has 24 heavy (non-hydrogen) atoms. The minimum absolute atomic E-state index is 0.158. The summed E-state index contributed by atoms with van der Waals surface area (Å²) in [5.41, 5.74) is 1.02. The third-order valence-corrected chi connectivity index (χ3v) is 3.39. The summed E-state index contributed by atoms with van der Waals surface area (Å²) in [6.45, 7) is 0.158. The lowest BCUT2D eigenvalue weighted by Crippen LogP contribution is -2.04. The zero-order valence-corrected chi connectivity index (χ0v) is 13.0. The number of nitrogens with zero attached hydrogens (tertiary/aromatic N) is 2. The van der Waals surface area contributed by atoms with Crippen LogP contribution in [0, 0.1) is 17.5 Å². The third kappa shape index (κ3) is 4.02. The van der Waals surface area contributed by atoms with Gasteiger partial charge in [0, 0.05) is 24.2 Å². The fourth-order valence-corrected chi connectivity index (χ4v) is 2.33. The van der Waals surface area contributed by atoms with Crippen LogP contribution in [0.2, 0.25) is 5.15 Å². The van der Waals surface area contributed by atoms with E-state index >= 15 is 0 Å². The van der Waals surface area contributed by atoms with Gasteiger partial charge in [-0.05, 0) is 42.0 Å². The average molecular weight is 350 g/mol. The summed E-state index contributed by atoms with van der Waals surface area (Å²) in [7, 11) is 0. The lowest BCUT2D eigenvalue weighted by atomic mass is 10.2. The number of hydrogen-bond acceptors (Lipinski definition) is 3. The van der Waals surface area contributed by atoms with Gasteiger partial charge in [-0.2, -0.15) is 0 Å². The van der Waals surface area contributed by atoms with Crippen molar-refractivity contribution >= 4 is 17.4 Å². The van der Waals surface area contributed by atoms with Crippen molar-refractivity contribution in [2.75, 3.05) is 5.32 Å². The molecule has 1 aromatic heterocycles. The lowest BCUT2D eigenvalue weighted by Gasteiger charge is -2.08. The topological polar surface area (TPSA) is 37.8 Å². The molecule has 0 fully saturated rings. The fraction of sp³-hybridized carbons (Fsp3) is 0.0588. The molecule has 0 aliphatic rings. The Morgan fingerprint density at radius 1 is 0.833 bits per heavy atom. The standard InChI is InChI=1S/C17H11ClF3N3/c18-15-8-16(22-9-10-5-13(20)7-14(21)6-10)24-17(23-15)11-1-3-12(19)4-2-11/h1-8H,9H2,(H,22,23,24). The zero-order chi connectivity index (χ0) is 17.1. The van der Waals surface area contributed by atoms with Gasteiger partial charge in [0.05, 0.1) is 0 Å². The quantitative estimate of drug-likeness (QED) is 0.686. The largest absolute Gasteiger partial charge is 0.366 e. The normalized spacial score (nSPS) is 10.7. The molecule has 0 saturated carbocycles. The number of nitrogens with one attached hydrogen (secondary N) is 1. The molecule has 3 rings (SSSR count). The molecule has 0 spiro atoms. The second kappa shape index (κ2) is 6.88. The van der Waals surface area contributed by atoms with E-state index in [1.165, 1.54) is 42.5 Å². The molecule has 1 N–H and O–H groups in total. The third-order valence-electron chi connectivity index (χ3n) is 3.19. The highest BCUT2D eigenvalue weighted by molar-refractivity contribution is 6.29. The highest BCUT2D eigenvalue weighted by Gasteiger charge is 2.07. The van der Waals surface area contributed by atoms with Crippen molar-refractivity contribution in [3.05, 3.63) is 76.7 Å². The predicted octanol–water partition coefficient (Wildman–Crippen LogP) is 4.83. The Labute approximate surface area is 141 Å². The Kier molecular flexibility index (Phi) is 4.66. The molecule has 0 saturated heterocycles. The second-order valence-corrected chi connectivity index (χ2v) is 5.42. The molecule has 0 aliphatic heterocycles. The Balaban J connectivity index is 1.82. The number of aromatic nitrogens is 2. The number of halogens is 4. The highest BCUT2D eigenvalue weighted by atomic mass is 35.5. The Morgan fingerprint density at radius 3 is 2.17 bits per heavy atom. The SMILES string of the molecule is Fc1ccc(-c2nc(Cl)cc(NCc3cc(F)cc(F)c3)n2)cc1. The van der Waals surface area contributed by atoms with Gasteiger partial charge in [0.25, 0.3) is 0 Å². The van der Waals surface area contributed by atoms with E-state index in [0.717, 1.165) is 6.07 Å². The van der Waals surface area contributed by atoms with Crippen molar-refractivity contribution < 1.29 is 13.2 Å². The van der Waals surface area contributed by atoms with Crippen LogP contribution in [0.15, 0.2) is 48.5 Å². The molecule has 2 aromatic carbocycles. The summed E-state index contributed by atoms with van der Waals surface area (Å²) in [4.78, 5) is 8.37. The van der Waals surface area contributed by atoms with Crippen molar-refractivity contribution in [1.82, 2.24) is 9.97 Å². The van der Waals surface area contributed by atoms with Crippen LogP contribution in [0.1, 0.15) is 5.56 Å². The molecule has 0 aliphatic carbocycles. The maximum absolute atomic E-state index is 13.2. The molecule has 0 amide bonds. The van der Waals surface area contributed by atoms with Gasteiger partial charge in [-0.25, -0.2) is 23.1 Å². The lowest BCUT2D eigenvalue weighted by molar-refractivity contribution is 0.580. The van der Waals surface area contributed by atoms with E-state index in [0.29, 0.717) is 22.8 Å². The molecule has 122 valence electrons. The number of benzene rings is 2. The van der Waals surface area contributed by atoms with Crippen LogP contribution >= 0.6 is 11.6 Å². The molecule has 0 radical (unpaired) electrons. The van der Waals surface area contributed by atoms with Crippen LogP contribution in [0.25, 0.3) is 11.4 Å². The highest BCUT2D eigenvalue weighted by Crippen LogP contribution is 2.21. The van der Waals surface area contributed by atoms with Crippen LogP contribution in [0.5, 0.6) is 0 Å². The molecule has 1 heterocycles. The summed E-state index contributed by atoms with van der Waals surface area (Å²) in [5.74, 6) is -0.972. The molecule has 3 aromatic rings. The maximum Gasteiger partial charge on any atom is 0.163 e. The molecule has 0 unspecified atom stereocenters. The summed E-state index contributed by atoms with van der Waals surface area (Å²) in [5, 5.41) is 3.13. The fourth-order valence-electron chi connectivity index (χ4n) is 2.14. The molecular weight excluding hydrogens is 339 g/mol. The molecule has 0 bridgehead atoms. The van der Waals surface area contributed by atoms with Gasteiger partial charge >= 0.3 is 0 Å². The number of rotatable bonds is 4. The Hall–Kier alpha value is -2.60. The summed E-state index contributed by atoms with van der Waals surface area (Å²) >= 11 is 5.98. The van der Waals surface area contributed by atoms with Crippen LogP contribution in [0.4, 0.5) is 19.0 Å². The summed E-state index contributed by atoms with van der Waals surface area (Å²) in [6.07, 6.45) is 0. The summed E-state index contributed by atoms with van der Waals surface area (Å²) in [6, 6.07) is 10.4. The zero-order valence-electron chi connectivity index (χ0n) is 12.2. The van der Waals surface area contributed by atoms with Crippen molar-refractivity contribution in [2.45, 2.75) is 6.54 Å². The van der Waals surface area contributed by atoms with E-state index < -0.39 is 11.6 Å². The van der Waals surface area contributed by atoms with Gasteiger partial charge in [-0.3, -0.25) is 0 Å². The monoisotopic (exact) mass is 349 g/mol. The minimum atomic E-state index is -0.653. The first-order chi connectivity index (χ1) is 11.5. The first kappa shape index (κ1) is 16.3. The van der Waals surface area contributed by atoms with Gasteiger partial charge in [-0.1, -0.05) is 11.6 Å². The van der Waals surface area contributed by atoms with Gasteiger partial charge in [-0.15, -0.1) is 0 Å². The first-order valence-electron chi connectivity index (χ1n) is 6.99. The van der Waals surface area contributed by atoms with Crippen molar-refractivity contribution in [1.29, 1.82) is 0 Å². The molecule has 7 heteroatoms. The van der Waals surface area contributed by atoms with Crippen LogP contribution in [0.3, 0.4) is 0 Å². The molecule has 3 nitrogen and oxygen atoms in total. The van der Waals surface area contributed by atoms with E-state index in [1.54, 1.807) is 0 Å². The van der Waals surface area contributed by atoms with E-state index in [9.17, 15) is 13.2 Å². The van der Waals surface area contributed by atoms with Gasteiger partial charge in [0.15, 0.2) is 5.82 Å². The molecular formula is C17H11ClF3N3.